The largest absolute Gasteiger partial charge is 0.508 e. The van der Waals surface area contributed by atoms with Crippen LogP contribution in [-0.2, 0) is 9.53 Å². The number of benzene rings is 2. The van der Waals surface area contributed by atoms with E-state index in [1.54, 1.807) is 0 Å². The van der Waals surface area contributed by atoms with Crippen molar-refractivity contribution in [2.24, 2.45) is 0 Å². The molecule has 2 aliphatic rings. The summed E-state index contributed by atoms with van der Waals surface area (Å²) in [6.07, 6.45) is 1.56. The molecule has 1 saturated heterocycles. The third-order valence-electron chi connectivity index (χ3n) is 5.64. The first-order valence-electron chi connectivity index (χ1n) is 8.98. The number of fused-ring (bicyclic) bond motifs is 2. The summed E-state index contributed by atoms with van der Waals surface area (Å²) in [5.74, 6) is -0.0180. The van der Waals surface area contributed by atoms with Gasteiger partial charge in [0.2, 0.25) is 0 Å². The quantitative estimate of drug-likeness (QED) is 0.778. The standard InChI is InChI=1S/C22H21ClO3/c1-3-22-11-10-18(26-22)20(24)19(21(22)25)17-12-15(5-4-13(17)2)14-6-8-16(23)9-7-14/h4-9,12,18,25H,3,10-11H2,1-2H3/t18-,22-/m1/s1. The molecule has 0 aromatic heterocycles. The summed E-state index contributed by atoms with van der Waals surface area (Å²) in [6, 6.07) is 13.6. The normalized spacial score (nSPS) is 25.0. The zero-order valence-electron chi connectivity index (χ0n) is 14.9. The molecule has 4 rings (SSSR count). The molecule has 2 aliphatic heterocycles. The molecule has 0 amide bonds. The van der Waals surface area contributed by atoms with Crippen LogP contribution >= 0.6 is 11.6 Å². The molecule has 2 bridgehead atoms. The van der Waals surface area contributed by atoms with Gasteiger partial charge in [0, 0.05) is 5.02 Å². The summed E-state index contributed by atoms with van der Waals surface area (Å²) in [5.41, 5.74) is 3.46. The molecule has 0 saturated carbocycles. The predicted octanol–water partition coefficient (Wildman–Crippen LogP) is 5.50. The van der Waals surface area contributed by atoms with Gasteiger partial charge in [-0.05, 0) is 66.6 Å². The summed E-state index contributed by atoms with van der Waals surface area (Å²) in [5, 5.41) is 11.7. The Kier molecular flexibility index (Phi) is 4.17. The van der Waals surface area contributed by atoms with Crippen molar-refractivity contribution in [2.45, 2.75) is 44.8 Å². The van der Waals surface area contributed by atoms with Crippen molar-refractivity contribution in [1.29, 1.82) is 0 Å². The highest BCUT2D eigenvalue weighted by atomic mass is 35.5. The van der Waals surface area contributed by atoms with Gasteiger partial charge in [-0.1, -0.05) is 42.8 Å². The number of aliphatic hydroxyl groups is 1. The number of ether oxygens (including phenoxy) is 1. The van der Waals surface area contributed by atoms with Gasteiger partial charge < -0.3 is 9.84 Å². The minimum Gasteiger partial charge on any atom is -0.508 e. The Hall–Kier alpha value is -2.10. The average Bonchev–Trinajstić information content (AvgIpc) is 3.06. The monoisotopic (exact) mass is 368 g/mol. The average molecular weight is 369 g/mol. The number of carbonyl (C=O) groups excluding carboxylic acids is 1. The molecule has 1 fully saturated rings. The van der Waals surface area contributed by atoms with E-state index in [1.807, 2.05) is 56.3 Å². The van der Waals surface area contributed by atoms with Crippen molar-refractivity contribution < 1.29 is 14.6 Å². The molecular formula is C22H21ClO3. The van der Waals surface area contributed by atoms with Crippen molar-refractivity contribution in [1.82, 2.24) is 0 Å². The fourth-order valence-electron chi connectivity index (χ4n) is 4.02. The number of hydrogen-bond donors (Lipinski definition) is 1. The highest BCUT2D eigenvalue weighted by molar-refractivity contribution is 6.30. The Morgan fingerprint density at radius 2 is 1.88 bits per heavy atom. The van der Waals surface area contributed by atoms with E-state index >= 15 is 0 Å². The van der Waals surface area contributed by atoms with E-state index in [1.165, 1.54) is 0 Å². The maximum atomic E-state index is 12.9. The first-order chi connectivity index (χ1) is 12.4. The minimum atomic E-state index is -0.712. The Balaban J connectivity index is 1.87. The van der Waals surface area contributed by atoms with Gasteiger partial charge in [0.15, 0.2) is 5.78 Å². The van der Waals surface area contributed by atoms with Gasteiger partial charge in [-0.25, -0.2) is 0 Å². The fourth-order valence-corrected chi connectivity index (χ4v) is 4.15. The summed E-state index contributed by atoms with van der Waals surface area (Å²) in [4.78, 5) is 12.9. The minimum absolute atomic E-state index is 0.0927. The first kappa shape index (κ1) is 17.3. The molecule has 1 N–H and O–H groups in total. The van der Waals surface area contributed by atoms with Crippen molar-refractivity contribution in [3.63, 3.8) is 0 Å². The topological polar surface area (TPSA) is 46.5 Å². The van der Waals surface area contributed by atoms with Crippen LogP contribution in [0, 0.1) is 6.92 Å². The van der Waals surface area contributed by atoms with E-state index in [4.69, 9.17) is 16.3 Å². The molecule has 0 radical (unpaired) electrons. The number of aryl methyl sites for hydroxylation is 1. The maximum Gasteiger partial charge on any atom is 0.195 e. The van der Waals surface area contributed by atoms with E-state index in [0.717, 1.165) is 22.3 Å². The van der Waals surface area contributed by atoms with Gasteiger partial charge >= 0.3 is 0 Å². The molecule has 0 aliphatic carbocycles. The van der Waals surface area contributed by atoms with Gasteiger partial charge in [0.25, 0.3) is 0 Å². The summed E-state index contributed by atoms with van der Waals surface area (Å²) >= 11 is 5.99. The van der Waals surface area contributed by atoms with E-state index in [0.29, 0.717) is 29.9 Å². The summed E-state index contributed by atoms with van der Waals surface area (Å²) in [6.45, 7) is 3.95. The van der Waals surface area contributed by atoms with E-state index in [-0.39, 0.29) is 11.5 Å². The number of rotatable bonds is 3. The number of Topliss-reactive ketones (excluding diaryl/α,β-unsaturated/α-hetero) is 1. The van der Waals surface area contributed by atoms with Crippen LogP contribution in [0.4, 0.5) is 0 Å². The van der Waals surface area contributed by atoms with Crippen LogP contribution in [0.5, 0.6) is 0 Å². The number of aliphatic hydroxyl groups excluding tert-OH is 1. The molecule has 3 nitrogen and oxygen atoms in total. The molecule has 2 atom stereocenters. The zero-order chi connectivity index (χ0) is 18.5. The molecule has 2 aromatic rings. The maximum absolute atomic E-state index is 12.9. The van der Waals surface area contributed by atoms with Gasteiger partial charge in [0.05, 0.1) is 5.57 Å². The van der Waals surface area contributed by atoms with E-state index < -0.39 is 11.7 Å². The van der Waals surface area contributed by atoms with Gasteiger partial charge in [0.1, 0.15) is 17.5 Å². The molecule has 2 heterocycles. The van der Waals surface area contributed by atoms with Crippen LogP contribution in [0.15, 0.2) is 48.2 Å². The Morgan fingerprint density at radius 3 is 2.58 bits per heavy atom. The summed E-state index contributed by atoms with van der Waals surface area (Å²) < 4.78 is 5.91. The second-order valence-electron chi connectivity index (χ2n) is 7.12. The first-order valence-corrected chi connectivity index (χ1v) is 9.36. The lowest BCUT2D eigenvalue weighted by Crippen LogP contribution is -2.39. The van der Waals surface area contributed by atoms with E-state index in [2.05, 4.69) is 0 Å². The van der Waals surface area contributed by atoms with Crippen molar-refractivity contribution in [2.75, 3.05) is 0 Å². The highest BCUT2D eigenvalue weighted by Gasteiger charge is 2.52. The highest BCUT2D eigenvalue weighted by Crippen LogP contribution is 2.47. The number of halogens is 1. The smallest absolute Gasteiger partial charge is 0.195 e. The third kappa shape index (κ3) is 2.58. The van der Waals surface area contributed by atoms with Crippen LogP contribution in [0.2, 0.25) is 5.02 Å². The molecule has 2 aromatic carbocycles. The van der Waals surface area contributed by atoms with Crippen molar-refractivity contribution in [3.8, 4) is 11.1 Å². The van der Waals surface area contributed by atoms with Crippen LogP contribution < -0.4 is 0 Å². The van der Waals surface area contributed by atoms with Gasteiger partial charge in [-0.2, -0.15) is 0 Å². The second-order valence-corrected chi connectivity index (χ2v) is 7.55. The lowest BCUT2D eigenvalue weighted by molar-refractivity contribution is -0.132. The number of ketones is 1. The van der Waals surface area contributed by atoms with Gasteiger partial charge in [-0.15, -0.1) is 0 Å². The fraction of sp³-hybridized carbons (Fsp3) is 0.318. The van der Waals surface area contributed by atoms with E-state index in [9.17, 15) is 9.90 Å². The molecule has 4 heteroatoms. The Bertz CT molecular complexity index is 913. The van der Waals surface area contributed by atoms with Crippen molar-refractivity contribution in [3.05, 3.63) is 64.4 Å². The lowest BCUT2D eigenvalue weighted by atomic mass is 9.86. The Labute approximate surface area is 158 Å². The van der Waals surface area contributed by atoms with Crippen LogP contribution in [0.3, 0.4) is 0 Å². The van der Waals surface area contributed by atoms with Crippen LogP contribution in [0.25, 0.3) is 16.7 Å². The molecule has 0 spiro atoms. The number of carbonyl (C=O) groups is 1. The zero-order valence-corrected chi connectivity index (χ0v) is 15.6. The molecule has 0 unspecified atom stereocenters. The van der Waals surface area contributed by atoms with Gasteiger partial charge in [-0.3, -0.25) is 4.79 Å². The van der Waals surface area contributed by atoms with Crippen LogP contribution in [0.1, 0.15) is 37.3 Å². The SMILES string of the molecule is CC[C@]12CC[C@@H](O1)C(=O)C(c1cc(-c3ccc(Cl)cc3)ccc1C)=C2O. The molecule has 26 heavy (non-hydrogen) atoms. The molecule has 134 valence electrons. The summed E-state index contributed by atoms with van der Waals surface area (Å²) in [7, 11) is 0. The second kappa shape index (κ2) is 6.26. The lowest BCUT2D eigenvalue weighted by Gasteiger charge is -2.33. The number of hydrogen-bond acceptors (Lipinski definition) is 3. The third-order valence-corrected chi connectivity index (χ3v) is 5.89. The molecular weight excluding hydrogens is 348 g/mol. The Morgan fingerprint density at radius 1 is 1.19 bits per heavy atom. The predicted molar refractivity (Wildman–Crippen MR) is 103 cm³/mol. The van der Waals surface area contributed by atoms with Crippen molar-refractivity contribution >= 4 is 23.0 Å². The van der Waals surface area contributed by atoms with Crippen LogP contribution in [-0.4, -0.2) is 22.6 Å².